The van der Waals surface area contributed by atoms with Gasteiger partial charge >= 0.3 is 7.82 Å². The van der Waals surface area contributed by atoms with Crippen molar-refractivity contribution in [1.82, 2.24) is 29.7 Å². The molecule has 3 saturated heterocycles. The molecule has 6 aliphatic rings. The van der Waals surface area contributed by atoms with Crippen LogP contribution in [-0.2, 0) is 37.9 Å². The number of thiophene rings is 1. The van der Waals surface area contributed by atoms with E-state index in [1.54, 1.807) is 60.9 Å². The number of pyridine rings is 3. The van der Waals surface area contributed by atoms with Crippen LogP contribution in [0.3, 0.4) is 0 Å². The molecule has 0 saturated carbocycles. The molecule has 11 rings (SSSR count). The van der Waals surface area contributed by atoms with Gasteiger partial charge in [0.15, 0.2) is 0 Å². The highest BCUT2D eigenvalue weighted by Crippen LogP contribution is 2.43. The van der Waals surface area contributed by atoms with Crippen molar-refractivity contribution in [2.24, 2.45) is 0 Å². The molecule has 4 atom stereocenters. The summed E-state index contributed by atoms with van der Waals surface area (Å²) >= 11 is 1.62. The number of likely N-dealkylation sites (tertiary alicyclic amines) is 1. The topological polar surface area (TPSA) is 252 Å². The van der Waals surface area contributed by atoms with Crippen LogP contribution in [-0.4, -0.2) is 145 Å². The number of methoxy groups -OCH3 is 1. The van der Waals surface area contributed by atoms with Crippen LogP contribution in [0, 0.1) is 0 Å². The molecule has 5 amide bonds. The van der Waals surface area contributed by atoms with Crippen LogP contribution < -0.4 is 24.8 Å². The summed E-state index contributed by atoms with van der Waals surface area (Å²) in [6.45, 7) is 9.51. The van der Waals surface area contributed by atoms with Gasteiger partial charge in [0.2, 0.25) is 11.8 Å². The molecule has 404 valence electrons. The van der Waals surface area contributed by atoms with Crippen LogP contribution in [0.4, 0.5) is 28.7 Å². The first-order valence-electron chi connectivity index (χ1n) is 26.2. The Labute approximate surface area is 449 Å². The molecular weight excluding hydrogens is 1030 g/mol. The first-order chi connectivity index (χ1) is 37.0. The van der Waals surface area contributed by atoms with E-state index in [0.29, 0.717) is 57.4 Å². The van der Waals surface area contributed by atoms with Crippen molar-refractivity contribution in [2.75, 3.05) is 66.4 Å². The average molecular weight is 1090 g/mol. The summed E-state index contributed by atoms with van der Waals surface area (Å²) in [5.74, 6) is -1.66. The molecule has 23 heteroatoms. The fourth-order valence-electron chi connectivity index (χ4n) is 12.3. The van der Waals surface area contributed by atoms with Gasteiger partial charge in [0.1, 0.15) is 29.6 Å². The number of carbonyl (C=O) groups excluding carboxylic acids is 5. The average Bonchev–Trinajstić information content (AvgIpc) is 3.93. The number of aliphatic hydroxyl groups excluding tert-OH is 1. The Morgan fingerprint density at radius 3 is 2.29 bits per heavy atom. The number of aromatic nitrogens is 3. The number of aryl methyl sites for hydroxylation is 1. The van der Waals surface area contributed by atoms with Crippen molar-refractivity contribution in [3.8, 4) is 17.0 Å². The number of carbonyl (C=O) groups is 5. The van der Waals surface area contributed by atoms with Crippen molar-refractivity contribution in [1.29, 1.82) is 0 Å². The van der Waals surface area contributed by atoms with Gasteiger partial charge in [-0.2, -0.15) is 0 Å². The van der Waals surface area contributed by atoms with Gasteiger partial charge in [0.05, 0.1) is 41.1 Å². The van der Waals surface area contributed by atoms with Gasteiger partial charge in [-0.1, -0.05) is 0 Å². The maximum Gasteiger partial charge on any atom is 0.471 e. The number of imide groups is 2. The number of hydrogen-bond acceptors (Lipinski definition) is 17. The molecule has 0 bridgehead atoms. The first kappa shape index (κ1) is 52.4. The summed E-state index contributed by atoms with van der Waals surface area (Å²) in [4.78, 5) is 113. The van der Waals surface area contributed by atoms with Crippen LogP contribution in [0.1, 0.15) is 117 Å². The zero-order chi connectivity index (χ0) is 54.0. The van der Waals surface area contributed by atoms with Crippen molar-refractivity contribution >= 4 is 77.4 Å². The van der Waals surface area contributed by atoms with Gasteiger partial charge in [-0.15, -0.1) is 11.3 Å². The van der Waals surface area contributed by atoms with Gasteiger partial charge in [-0.3, -0.25) is 48.1 Å². The molecule has 0 spiro atoms. The lowest BCUT2D eigenvalue weighted by Crippen LogP contribution is -2.58. The zero-order valence-corrected chi connectivity index (χ0v) is 45.0. The number of phosphoric ester groups is 1. The second kappa shape index (κ2) is 21.0. The summed E-state index contributed by atoms with van der Waals surface area (Å²) in [6, 6.07) is 12.0. The van der Waals surface area contributed by atoms with Crippen LogP contribution in [0.5, 0.6) is 5.88 Å². The number of amides is 5. The number of piperazine rings is 1. The van der Waals surface area contributed by atoms with E-state index in [1.165, 1.54) is 16.0 Å². The summed E-state index contributed by atoms with van der Waals surface area (Å²) in [7, 11) is -3.50. The van der Waals surface area contributed by atoms with E-state index in [2.05, 4.69) is 42.5 Å². The van der Waals surface area contributed by atoms with Crippen molar-refractivity contribution in [2.45, 2.75) is 109 Å². The number of rotatable bonds is 13. The fraction of sp³-hybridized carbons (Fsp3) is 0.444. The molecule has 5 aromatic rings. The molecule has 0 radical (unpaired) electrons. The molecule has 4 aromatic heterocycles. The largest absolute Gasteiger partial charge is 0.480 e. The molecule has 21 nitrogen and oxygen atoms in total. The molecule has 1 aromatic carbocycles. The van der Waals surface area contributed by atoms with E-state index in [-0.39, 0.29) is 35.9 Å². The minimum Gasteiger partial charge on any atom is -0.480 e. The third kappa shape index (κ3) is 9.89. The van der Waals surface area contributed by atoms with Gasteiger partial charge in [0, 0.05) is 91.9 Å². The lowest BCUT2D eigenvalue weighted by Gasteiger charge is -2.46. The Kier molecular flexibility index (Phi) is 14.3. The number of aliphatic hydroxyl groups is 1. The fourth-order valence-corrected chi connectivity index (χ4v) is 14.1. The van der Waals surface area contributed by atoms with Crippen LogP contribution in [0.15, 0.2) is 61.1 Å². The number of piperidine rings is 2. The summed E-state index contributed by atoms with van der Waals surface area (Å²) < 4.78 is 21.8. The number of ether oxygens (including phenoxy) is 1. The summed E-state index contributed by atoms with van der Waals surface area (Å²) in [5.41, 5.74) is 7.18. The van der Waals surface area contributed by atoms with Gasteiger partial charge < -0.3 is 34.7 Å². The van der Waals surface area contributed by atoms with Crippen molar-refractivity contribution < 1.29 is 52.7 Å². The first-order valence-corrected chi connectivity index (χ1v) is 28.6. The Morgan fingerprint density at radius 2 is 1.56 bits per heavy atom. The second-order valence-corrected chi connectivity index (χ2v) is 22.9. The number of phosphoric acid groups is 1. The van der Waals surface area contributed by atoms with Crippen LogP contribution in [0.2, 0.25) is 0 Å². The van der Waals surface area contributed by atoms with E-state index in [4.69, 9.17) is 14.7 Å². The third-order valence-electron chi connectivity index (χ3n) is 15.9. The Morgan fingerprint density at radius 1 is 0.792 bits per heavy atom. The minimum atomic E-state index is -5.06. The predicted molar refractivity (Wildman–Crippen MR) is 287 cm³/mol. The highest BCUT2D eigenvalue weighted by atomic mass is 32.1. The number of anilines is 5. The minimum absolute atomic E-state index is 0.0649. The molecule has 2 unspecified atom stereocenters. The highest BCUT2D eigenvalue weighted by Gasteiger charge is 2.49. The Balaban J connectivity index is 0.709. The number of nitrogens with one attached hydrogen (secondary N) is 1. The Hall–Kier alpha value is -6.65. The smallest absolute Gasteiger partial charge is 0.471 e. The molecule has 77 heavy (non-hydrogen) atoms. The van der Waals surface area contributed by atoms with E-state index in [0.717, 1.165) is 106 Å². The number of benzene rings is 1. The highest BCUT2D eigenvalue weighted by molar-refractivity contribution is 7.46. The lowest BCUT2D eigenvalue weighted by molar-refractivity contribution is -0.161. The number of fused-ring (bicyclic) bond motifs is 4. The van der Waals surface area contributed by atoms with E-state index >= 15 is 0 Å². The van der Waals surface area contributed by atoms with Crippen molar-refractivity contribution in [3.63, 3.8) is 0 Å². The molecule has 3 fully saturated rings. The lowest BCUT2D eigenvalue weighted by atomic mass is 9.91. The second-order valence-electron chi connectivity index (χ2n) is 20.6. The normalized spacial score (nSPS) is 21.3. The molecule has 9 heterocycles. The standard InChI is InChI=1S/C54H61N10O11PS/c1-30-29-60(34-16-20-59(21-17-34)35-9-11-40-41(26-35)52(68)64(51(40)67)43-12-14-46(66)63(53(43)69)32(3)75-76(71,72)73)23-24-61(30)36-10-13-45(56-28-36)58-42-25-33(27-57-50(42)74-4)37-15-19-55-49(47(37)31(2)65)62-22-18-39-38-7-5-6-8-44(38)77-48(39)54(62)70/h9-11,13,15,19,25-28,30-32,34,43,65H,5-8,12,14,16-18,20-24,29H2,1-4H3,(H,56,58)(H2,71,72,73)/t30-,31?,32?,43-/m0/s1. The number of hydrogen-bond donors (Lipinski definition) is 4. The SMILES string of the molecule is COc1ncc(-c2ccnc(N3CCc4c(sc5c4CCCC5)C3=O)c2C(C)O)cc1Nc1ccc(N2CCN(C3CCN(c4ccc5c(c4)C(=O)N([C@H]4CCC(=O)N(C(C)OP(=O)(O)O)C4=O)C5=O)CC3)C[C@@H]2C)cn1. The molecule has 4 N–H and O–H groups in total. The maximum absolute atomic E-state index is 14.1. The predicted octanol–water partition coefficient (Wildman–Crippen LogP) is 6.24. The van der Waals surface area contributed by atoms with Crippen LogP contribution >= 0.6 is 19.2 Å². The quantitative estimate of drug-likeness (QED) is 0.0753. The summed E-state index contributed by atoms with van der Waals surface area (Å²) in [5, 5.41) is 14.7. The maximum atomic E-state index is 14.1. The van der Waals surface area contributed by atoms with Gasteiger partial charge in [-0.25, -0.2) is 19.5 Å². The summed E-state index contributed by atoms with van der Waals surface area (Å²) in [6.07, 6.45) is 9.24. The van der Waals surface area contributed by atoms with Crippen molar-refractivity contribution in [3.05, 3.63) is 98.6 Å². The van der Waals surface area contributed by atoms with E-state index in [9.17, 15) is 43.4 Å². The van der Waals surface area contributed by atoms with Gasteiger partial charge in [-0.05, 0) is 131 Å². The Bertz CT molecular complexity index is 3230. The van der Waals surface area contributed by atoms with Crippen LogP contribution in [0.25, 0.3) is 11.1 Å². The van der Waals surface area contributed by atoms with E-state index < -0.39 is 49.8 Å². The van der Waals surface area contributed by atoms with Gasteiger partial charge in [0.25, 0.3) is 23.6 Å². The number of nitrogens with zero attached hydrogens (tertiary/aromatic N) is 9. The molecular formula is C54H61N10O11PS. The molecule has 5 aliphatic heterocycles. The van der Waals surface area contributed by atoms with E-state index in [1.807, 2.05) is 24.4 Å². The zero-order valence-electron chi connectivity index (χ0n) is 43.3. The monoisotopic (exact) mass is 1090 g/mol. The molecule has 1 aliphatic carbocycles. The third-order valence-corrected chi connectivity index (χ3v) is 17.8.